The van der Waals surface area contributed by atoms with E-state index in [1.54, 1.807) is 18.2 Å². The van der Waals surface area contributed by atoms with Crippen LogP contribution in [0.3, 0.4) is 0 Å². The molecule has 2 aromatic rings. The van der Waals surface area contributed by atoms with Crippen molar-refractivity contribution < 1.29 is 23.4 Å². The number of β-amino-alcohol motifs (C(OH)–C–C–N with tert-alkyl or cyclic N) is 1. The van der Waals surface area contributed by atoms with Crippen molar-refractivity contribution in [2.45, 2.75) is 37.9 Å². The third-order valence-corrected chi connectivity index (χ3v) is 4.60. The van der Waals surface area contributed by atoms with Gasteiger partial charge in [0.2, 0.25) is 0 Å². The van der Waals surface area contributed by atoms with E-state index >= 15 is 0 Å². The summed E-state index contributed by atoms with van der Waals surface area (Å²) >= 11 is 0. The molecule has 3 rings (SSSR count). The van der Waals surface area contributed by atoms with Crippen molar-refractivity contribution in [3.63, 3.8) is 0 Å². The standard InChI is InChI=1S/C19H20F3NO2/c20-19(21,22)17-4-2-1-3-16(17)18-9-15(25)11-23(18)10-13-5-7-14(12-24)8-6-13/h1-8,15,18,24-25H,9-12H2/t15-,18-/m1/s1. The van der Waals surface area contributed by atoms with Crippen LogP contribution >= 0.6 is 0 Å². The first-order valence-corrected chi connectivity index (χ1v) is 8.15. The SMILES string of the molecule is OCc1ccc(CN2C[C@H](O)C[C@@H]2c2ccccc2C(F)(F)F)cc1. The van der Waals surface area contributed by atoms with E-state index in [0.717, 1.165) is 17.2 Å². The number of nitrogens with zero attached hydrogens (tertiary/aromatic N) is 1. The van der Waals surface area contributed by atoms with Crippen LogP contribution in [0.25, 0.3) is 0 Å². The van der Waals surface area contributed by atoms with Crippen molar-refractivity contribution in [1.29, 1.82) is 0 Å². The van der Waals surface area contributed by atoms with Gasteiger partial charge in [0.1, 0.15) is 0 Å². The summed E-state index contributed by atoms with van der Waals surface area (Å²) in [5.41, 5.74) is 1.28. The Balaban J connectivity index is 1.87. The maximum Gasteiger partial charge on any atom is 0.416 e. The predicted molar refractivity (Wildman–Crippen MR) is 87.6 cm³/mol. The van der Waals surface area contributed by atoms with Gasteiger partial charge in [-0.1, -0.05) is 42.5 Å². The predicted octanol–water partition coefficient (Wildman–Crippen LogP) is 3.51. The third kappa shape index (κ3) is 4.03. The number of aliphatic hydroxyl groups is 2. The summed E-state index contributed by atoms with van der Waals surface area (Å²) in [6.07, 6.45) is -4.79. The lowest BCUT2D eigenvalue weighted by molar-refractivity contribution is -0.138. The monoisotopic (exact) mass is 351 g/mol. The van der Waals surface area contributed by atoms with Gasteiger partial charge in [-0.05, 0) is 29.2 Å². The Morgan fingerprint density at radius 2 is 1.64 bits per heavy atom. The van der Waals surface area contributed by atoms with Crippen molar-refractivity contribution in [1.82, 2.24) is 4.90 Å². The van der Waals surface area contributed by atoms with Gasteiger partial charge in [0.25, 0.3) is 0 Å². The van der Waals surface area contributed by atoms with E-state index in [0.29, 0.717) is 13.1 Å². The zero-order valence-electron chi connectivity index (χ0n) is 13.6. The summed E-state index contributed by atoms with van der Waals surface area (Å²) in [5.74, 6) is 0. The molecule has 0 spiro atoms. The summed E-state index contributed by atoms with van der Waals surface area (Å²) in [7, 11) is 0. The number of rotatable bonds is 4. The minimum Gasteiger partial charge on any atom is -0.392 e. The first kappa shape index (κ1) is 17.9. The molecule has 0 aliphatic carbocycles. The van der Waals surface area contributed by atoms with Crippen LogP contribution in [0.1, 0.15) is 34.7 Å². The van der Waals surface area contributed by atoms with Crippen LogP contribution in [-0.4, -0.2) is 27.8 Å². The van der Waals surface area contributed by atoms with Gasteiger partial charge in [-0.15, -0.1) is 0 Å². The Morgan fingerprint density at radius 1 is 1.00 bits per heavy atom. The highest BCUT2D eigenvalue weighted by Gasteiger charge is 2.39. The number of likely N-dealkylation sites (tertiary alicyclic amines) is 1. The second-order valence-corrected chi connectivity index (χ2v) is 6.39. The van der Waals surface area contributed by atoms with E-state index < -0.39 is 23.9 Å². The van der Waals surface area contributed by atoms with Crippen molar-refractivity contribution in [2.75, 3.05) is 6.54 Å². The van der Waals surface area contributed by atoms with Crippen LogP contribution in [0.4, 0.5) is 13.2 Å². The Hall–Kier alpha value is -1.89. The average molecular weight is 351 g/mol. The quantitative estimate of drug-likeness (QED) is 0.886. The number of alkyl halides is 3. The highest BCUT2D eigenvalue weighted by atomic mass is 19.4. The average Bonchev–Trinajstić information content (AvgIpc) is 2.95. The van der Waals surface area contributed by atoms with Crippen molar-refractivity contribution >= 4 is 0 Å². The van der Waals surface area contributed by atoms with Crippen LogP contribution in [0, 0.1) is 0 Å². The first-order valence-electron chi connectivity index (χ1n) is 8.15. The van der Waals surface area contributed by atoms with E-state index in [1.807, 2.05) is 17.0 Å². The first-order chi connectivity index (χ1) is 11.9. The lowest BCUT2D eigenvalue weighted by Gasteiger charge is -2.27. The molecule has 1 aliphatic rings. The lowest BCUT2D eigenvalue weighted by Crippen LogP contribution is -2.26. The summed E-state index contributed by atoms with van der Waals surface area (Å²) in [5, 5.41) is 19.1. The van der Waals surface area contributed by atoms with Crippen LogP contribution in [0.5, 0.6) is 0 Å². The Bertz CT molecular complexity index is 715. The molecule has 2 N–H and O–H groups in total. The molecule has 0 saturated carbocycles. The van der Waals surface area contributed by atoms with Crippen LogP contribution in [-0.2, 0) is 19.3 Å². The van der Waals surface area contributed by atoms with Gasteiger partial charge >= 0.3 is 6.18 Å². The van der Waals surface area contributed by atoms with Gasteiger partial charge in [-0.25, -0.2) is 0 Å². The fourth-order valence-corrected chi connectivity index (χ4v) is 3.41. The number of hydrogen-bond donors (Lipinski definition) is 2. The van der Waals surface area contributed by atoms with Gasteiger partial charge in [0, 0.05) is 19.1 Å². The second kappa shape index (κ2) is 7.15. The van der Waals surface area contributed by atoms with Crippen molar-refractivity contribution in [2.24, 2.45) is 0 Å². The molecular formula is C19H20F3NO2. The minimum absolute atomic E-state index is 0.0513. The molecule has 1 heterocycles. The molecule has 6 heteroatoms. The molecule has 134 valence electrons. The maximum atomic E-state index is 13.3. The lowest BCUT2D eigenvalue weighted by atomic mass is 9.97. The highest BCUT2D eigenvalue weighted by molar-refractivity contribution is 5.33. The molecule has 1 aliphatic heterocycles. The molecule has 3 nitrogen and oxygen atoms in total. The molecule has 0 radical (unpaired) electrons. The largest absolute Gasteiger partial charge is 0.416 e. The zero-order chi connectivity index (χ0) is 18.0. The van der Waals surface area contributed by atoms with Gasteiger partial charge < -0.3 is 10.2 Å². The van der Waals surface area contributed by atoms with E-state index in [4.69, 9.17) is 5.11 Å². The molecule has 0 aromatic heterocycles. The van der Waals surface area contributed by atoms with Crippen LogP contribution in [0.2, 0.25) is 0 Å². The molecule has 0 unspecified atom stereocenters. The smallest absolute Gasteiger partial charge is 0.392 e. The van der Waals surface area contributed by atoms with Gasteiger partial charge in [-0.2, -0.15) is 13.2 Å². The van der Waals surface area contributed by atoms with Gasteiger partial charge in [-0.3, -0.25) is 4.90 Å². The van der Waals surface area contributed by atoms with E-state index in [9.17, 15) is 18.3 Å². The summed E-state index contributed by atoms with van der Waals surface area (Å²) in [6.45, 7) is 0.725. The van der Waals surface area contributed by atoms with Gasteiger partial charge in [0.05, 0.1) is 18.3 Å². The minimum atomic E-state index is -4.42. The normalized spacial score (nSPS) is 21.6. The summed E-state index contributed by atoms with van der Waals surface area (Å²) < 4.78 is 40.0. The van der Waals surface area contributed by atoms with Gasteiger partial charge in [0.15, 0.2) is 0 Å². The van der Waals surface area contributed by atoms with Crippen molar-refractivity contribution in [3.05, 3.63) is 70.8 Å². The molecule has 2 aromatic carbocycles. The Kier molecular flexibility index (Phi) is 5.13. The molecule has 25 heavy (non-hydrogen) atoms. The highest BCUT2D eigenvalue weighted by Crippen LogP contribution is 2.40. The fraction of sp³-hybridized carbons (Fsp3) is 0.368. The number of benzene rings is 2. The maximum absolute atomic E-state index is 13.3. The molecular weight excluding hydrogens is 331 g/mol. The van der Waals surface area contributed by atoms with E-state index in [1.165, 1.54) is 12.1 Å². The molecule has 0 amide bonds. The topological polar surface area (TPSA) is 43.7 Å². The van der Waals surface area contributed by atoms with Crippen molar-refractivity contribution in [3.8, 4) is 0 Å². The van der Waals surface area contributed by atoms with Crippen LogP contribution in [0.15, 0.2) is 48.5 Å². The summed E-state index contributed by atoms with van der Waals surface area (Å²) in [6, 6.07) is 12.4. The second-order valence-electron chi connectivity index (χ2n) is 6.39. The van der Waals surface area contributed by atoms with Crippen LogP contribution < -0.4 is 0 Å². The number of halogens is 3. The fourth-order valence-electron chi connectivity index (χ4n) is 3.41. The zero-order valence-corrected chi connectivity index (χ0v) is 13.6. The third-order valence-electron chi connectivity index (χ3n) is 4.60. The Morgan fingerprint density at radius 3 is 2.28 bits per heavy atom. The molecule has 0 bridgehead atoms. The molecule has 1 fully saturated rings. The summed E-state index contributed by atoms with van der Waals surface area (Å²) in [4.78, 5) is 1.88. The number of aliphatic hydroxyl groups excluding tert-OH is 2. The van der Waals surface area contributed by atoms with E-state index in [-0.39, 0.29) is 18.6 Å². The molecule has 2 atom stereocenters. The van der Waals surface area contributed by atoms with E-state index in [2.05, 4.69) is 0 Å². The number of hydrogen-bond acceptors (Lipinski definition) is 3. The Labute approximate surface area is 144 Å². The molecule has 1 saturated heterocycles.